The Labute approximate surface area is 118 Å². The first-order valence-corrected chi connectivity index (χ1v) is 8.66. The van der Waals surface area contributed by atoms with E-state index in [9.17, 15) is 0 Å². The molecule has 1 aliphatic rings. The largest absolute Gasteiger partial charge is 0.330 e. The molecular weight excluding hydrogens is 262 g/mol. The van der Waals surface area contributed by atoms with E-state index in [0.717, 1.165) is 42.4 Å². The van der Waals surface area contributed by atoms with E-state index in [-0.39, 0.29) is 0 Å². The van der Waals surface area contributed by atoms with Gasteiger partial charge in [0.15, 0.2) is 0 Å². The molecule has 2 N–H and O–H groups in total. The van der Waals surface area contributed by atoms with Gasteiger partial charge in [-0.3, -0.25) is 0 Å². The Morgan fingerprint density at radius 2 is 1.94 bits per heavy atom. The van der Waals surface area contributed by atoms with E-state index in [1.807, 2.05) is 23.5 Å². The molecule has 1 aromatic heterocycles. The Morgan fingerprint density at radius 1 is 1.22 bits per heavy atom. The van der Waals surface area contributed by atoms with Gasteiger partial charge in [0, 0.05) is 28.6 Å². The fourth-order valence-corrected chi connectivity index (χ4v) is 4.79. The molecule has 2 rings (SSSR count). The molecule has 1 saturated heterocycles. The van der Waals surface area contributed by atoms with Crippen LogP contribution in [0.4, 0.5) is 0 Å². The lowest BCUT2D eigenvalue weighted by Gasteiger charge is -2.21. The molecule has 0 radical (unpaired) electrons. The zero-order chi connectivity index (χ0) is 13.0. The molecule has 3 nitrogen and oxygen atoms in total. The number of hydrogen-bond acceptors (Lipinski definition) is 5. The van der Waals surface area contributed by atoms with Gasteiger partial charge < -0.3 is 5.73 Å². The molecule has 0 amide bonds. The van der Waals surface area contributed by atoms with Crippen molar-refractivity contribution in [1.82, 2.24) is 9.97 Å². The molecule has 2 heterocycles. The first-order chi connectivity index (χ1) is 8.72. The van der Waals surface area contributed by atoms with E-state index in [0.29, 0.717) is 5.25 Å². The molecule has 5 heteroatoms. The second-order valence-electron chi connectivity index (χ2n) is 4.56. The SMILES string of the molecule is Cc1nc(C2CSCCS2)nc(C)c1CCCN. The standard InChI is InChI=1S/C13H21N3S2/c1-9-11(4-3-5-14)10(2)16-13(15-9)12-8-17-6-7-18-12/h12H,3-8,14H2,1-2H3. The number of aryl methyl sites for hydroxylation is 2. The van der Waals surface area contributed by atoms with Gasteiger partial charge in [-0.05, 0) is 38.8 Å². The zero-order valence-corrected chi connectivity index (χ0v) is 12.7. The average Bonchev–Trinajstić information content (AvgIpc) is 2.39. The number of hydrogen-bond donors (Lipinski definition) is 1. The van der Waals surface area contributed by atoms with Crippen LogP contribution >= 0.6 is 23.5 Å². The van der Waals surface area contributed by atoms with Crippen molar-refractivity contribution in [2.75, 3.05) is 23.8 Å². The average molecular weight is 283 g/mol. The van der Waals surface area contributed by atoms with Crippen molar-refractivity contribution in [2.45, 2.75) is 31.9 Å². The van der Waals surface area contributed by atoms with E-state index in [4.69, 9.17) is 15.7 Å². The van der Waals surface area contributed by atoms with Gasteiger partial charge in [0.25, 0.3) is 0 Å². The molecule has 0 aromatic carbocycles. The van der Waals surface area contributed by atoms with Gasteiger partial charge in [-0.15, -0.1) is 11.8 Å². The molecular formula is C13H21N3S2. The molecule has 1 aliphatic heterocycles. The fourth-order valence-electron chi connectivity index (χ4n) is 2.19. The number of nitrogens with zero attached hydrogens (tertiary/aromatic N) is 2. The lowest BCUT2D eigenvalue weighted by molar-refractivity contribution is 0.786. The molecule has 18 heavy (non-hydrogen) atoms. The highest BCUT2D eigenvalue weighted by molar-refractivity contribution is 8.06. The van der Waals surface area contributed by atoms with E-state index in [1.54, 1.807) is 0 Å². The van der Waals surface area contributed by atoms with Gasteiger partial charge in [0.2, 0.25) is 0 Å². The molecule has 0 bridgehead atoms. The minimum Gasteiger partial charge on any atom is -0.330 e. The molecule has 1 fully saturated rings. The highest BCUT2D eigenvalue weighted by Gasteiger charge is 2.20. The third-order valence-corrected chi connectivity index (χ3v) is 5.92. The van der Waals surface area contributed by atoms with Gasteiger partial charge in [-0.2, -0.15) is 11.8 Å². The van der Waals surface area contributed by atoms with Crippen molar-refractivity contribution in [3.05, 3.63) is 22.8 Å². The van der Waals surface area contributed by atoms with Crippen molar-refractivity contribution in [3.8, 4) is 0 Å². The van der Waals surface area contributed by atoms with Crippen LogP contribution in [0.25, 0.3) is 0 Å². The smallest absolute Gasteiger partial charge is 0.142 e. The van der Waals surface area contributed by atoms with Crippen molar-refractivity contribution in [2.24, 2.45) is 5.73 Å². The van der Waals surface area contributed by atoms with Crippen LogP contribution in [-0.2, 0) is 6.42 Å². The predicted molar refractivity (Wildman–Crippen MR) is 81.4 cm³/mol. The van der Waals surface area contributed by atoms with Crippen LogP contribution in [0.1, 0.15) is 34.4 Å². The van der Waals surface area contributed by atoms with Crippen molar-refractivity contribution in [3.63, 3.8) is 0 Å². The van der Waals surface area contributed by atoms with Gasteiger partial charge in [0.1, 0.15) is 5.82 Å². The molecule has 0 spiro atoms. The predicted octanol–water partition coefficient (Wildman–Crippen LogP) is 2.51. The van der Waals surface area contributed by atoms with Gasteiger partial charge in [0.05, 0.1) is 5.25 Å². The Hall–Kier alpha value is -0.260. The number of rotatable bonds is 4. The van der Waals surface area contributed by atoms with Crippen molar-refractivity contribution < 1.29 is 0 Å². The maximum absolute atomic E-state index is 5.58. The van der Waals surface area contributed by atoms with Crippen LogP contribution in [0.5, 0.6) is 0 Å². The molecule has 1 aromatic rings. The topological polar surface area (TPSA) is 51.8 Å². The molecule has 100 valence electrons. The summed E-state index contributed by atoms with van der Waals surface area (Å²) in [5.74, 6) is 4.64. The summed E-state index contributed by atoms with van der Waals surface area (Å²) in [6.45, 7) is 4.94. The monoisotopic (exact) mass is 283 g/mol. The van der Waals surface area contributed by atoms with Crippen LogP contribution in [0.3, 0.4) is 0 Å². The van der Waals surface area contributed by atoms with E-state index in [2.05, 4.69) is 13.8 Å². The summed E-state index contributed by atoms with van der Waals surface area (Å²) in [6, 6.07) is 0. The van der Waals surface area contributed by atoms with Crippen LogP contribution in [0, 0.1) is 13.8 Å². The molecule has 0 aliphatic carbocycles. The number of aromatic nitrogens is 2. The summed E-state index contributed by atoms with van der Waals surface area (Å²) in [4.78, 5) is 9.45. The second kappa shape index (κ2) is 6.78. The Bertz CT molecular complexity index is 380. The lowest BCUT2D eigenvalue weighted by Crippen LogP contribution is -2.14. The van der Waals surface area contributed by atoms with Crippen molar-refractivity contribution in [1.29, 1.82) is 0 Å². The zero-order valence-electron chi connectivity index (χ0n) is 11.1. The van der Waals surface area contributed by atoms with Crippen LogP contribution in [-0.4, -0.2) is 33.8 Å². The highest BCUT2D eigenvalue weighted by Crippen LogP contribution is 2.35. The summed E-state index contributed by atoms with van der Waals surface area (Å²) in [5, 5.41) is 0.477. The van der Waals surface area contributed by atoms with Gasteiger partial charge in [-0.25, -0.2) is 9.97 Å². The fraction of sp³-hybridized carbons (Fsp3) is 0.692. The molecule has 1 atom stereocenters. The molecule has 0 saturated carbocycles. The third kappa shape index (κ3) is 3.39. The Balaban J connectivity index is 2.18. The van der Waals surface area contributed by atoms with Gasteiger partial charge >= 0.3 is 0 Å². The van der Waals surface area contributed by atoms with E-state index in [1.165, 1.54) is 17.1 Å². The first-order valence-electron chi connectivity index (χ1n) is 6.45. The van der Waals surface area contributed by atoms with Crippen LogP contribution in [0.15, 0.2) is 0 Å². The first kappa shape index (κ1) is 14.2. The number of thioether (sulfide) groups is 2. The number of nitrogens with two attached hydrogens (primary N) is 1. The van der Waals surface area contributed by atoms with Crippen molar-refractivity contribution >= 4 is 23.5 Å². The summed E-state index contributed by atoms with van der Waals surface area (Å²) >= 11 is 4.00. The summed E-state index contributed by atoms with van der Waals surface area (Å²) in [5.41, 5.74) is 9.15. The van der Waals surface area contributed by atoms with E-state index < -0.39 is 0 Å². The van der Waals surface area contributed by atoms with Crippen LogP contribution in [0.2, 0.25) is 0 Å². The normalized spacial score (nSPS) is 20.1. The summed E-state index contributed by atoms with van der Waals surface area (Å²) in [6.07, 6.45) is 2.01. The highest BCUT2D eigenvalue weighted by atomic mass is 32.2. The van der Waals surface area contributed by atoms with Crippen LogP contribution < -0.4 is 5.73 Å². The maximum Gasteiger partial charge on any atom is 0.142 e. The van der Waals surface area contributed by atoms with E-state index >= 15 is 0 Å². The molecule has 1 unspecified atom stereocenters. The minimum atomic E-state index is 0.477. The quantitative estimate of drug-likeness (QED) is 0.920. The summed E-state index contributed by atoms with van der Waals surface area (Å²) in [7, 11) is 0. The maximum atomic E-state index is 5.58. The lowest BCUT2D eigenvalue weighted by atomic mass is 10.1. The Kier molecular flexibility index (Phi) is 5.33. The Morgan fingerprint density at radius 3 is 2.50 bits per heavy atom. The summed E-state index contributed by atoms with van der Waals surface area (Å²) < 4.78 is 0. The van der Waals surface area contributed by atoms with Gasteiger partial charge in [-0.1, -0.05) is 0 Å². The second-order valence-corrected chi connectivity index (χ2v) is 7.02. The third-order valence-electron chi connectivity index (χ3n) is 3.17. The minimum absolute atomic E-state index is 0.477.